The number of allylic oxidation sites excluding steroid dienone is 4. The van der Waals surface area contributed by atoms with Gasteiger partial charge in [0.05, 0.1) is 0 Å². The zero-order chi connectivity index (χ0) is 18.9. The minimum atomic E-state index is -0.448. The van der Waals surface area contributed by atoms with E-state index >= 15 is 0 Å². The summed E-state index contributed by atoms with van der Waals surface area (Å²) in [7, 11) is 0. The molecule has 2 aromatic rings. The highest BCUT2D eigenvalue weighted by Crippen LogP contribution is 2.30. The Kier molecular flexibility index (Phi) is 4.64. The summed E-state index contributed by atoms with van der Waals surface area (Å²) in [4.78, 5) is 15.8. The Bertz CT molecular complexity index is 940. The third kappa shape index (κ3) is 3.67. The van der Waals surface area contributed by atoms with Gasteiger partial charge in [-0.1, -0.05) is 50.2 Å². The largest absolute Gasteiger partial charge is 0.366 e. The summed E-state index contributed by atoms with van der Waals surface area (Å²) in [5, 5.41) is 4.13. The Balaban J connectivity index is 1.91. The lowest BCUT2D eigenvalue weighted by atomic mass is 9.83. The van der Waals surface area contributed by atoms with Crippen LogP contribution in [-0.2, 0) is 10.2 Å². The average molecular weight is 349 g/mol. The number of carbonyl (C=O) groups is 1. The summed E-state index contributed by atoms with van der Waals surface area (Å²) >= 11 is 0. The zero-order valence-electron chi connectivity index (χ0n) is 15.5. The van der Waals surface area contributed by atoms with Gasteiger partial charge in [0.15, 0.2) is 0 Å². The van der Waals surface area contributed by atoms with Crippen LogP contribution < -0.4 is 5.73 Å². The Labute approximate surface area is 153 Å². The Morgan fingerprint density at radius 2 is 1.96 bits per heavy atom. The molecule has 3 rings (SSSR count). The van der Waals surface area contributed by atoms with Crippen LogP contribution in [0.15, 0.2) is 52.6 Å². The molecule has 0 fully saturated rings. The lowest BCUT2D eigenvalue weighted by molar-refractivity contribution is -0.114. The van der Waals surface area contributed by atoms with E-state index < -0.39 is 5.91 Å². The molecule has 0 bridgehead atoms. The molecule has 1 aromatic carbocycles. The molecule has 1 aliphatic carbocycles. The predicted molar refractivity (Wildman–Crippen MR) is 102 cm³/mol. The van der Waals surface area contributed by atoms with Crippen molar-refractivity contribution in [1.82, 2.24) is 10.1 Å². The summed E-state index contributed by atoms with van der Waals surface area (Å²) in [5.74, 6) is 0.525. The van der Waals surface area contributed by atoms with Gasteiger partial charge in [0, 0.05) is 16.7 Å². The number of primary amides is 1. The summed E-state index contributed by atoms with van der Waals surface area (Å²) in [6, 6.07) is 6.21. The van der Waals surface area contributed by atoms with E-state index in [2.05, 4.69) is 50.0 Å². The summed E-state index contributed by atoms with van der Waals surface area (Å²) in [5.41, 5.74) is 10.0. The Morgan fingerprint density at radius 3 is 2.65 bits per heavy atom. The number of nitrogens with zero attached hydrogens (tertiary/aromatic N) is 2. The third-order valence-electron chi connectivity index (χ3n) is 4.38. The lowest BCUT2D eigenvalue weighted by Crippen LogP contribution is -2.13. The van der Waals surface area contributed by atoms with Gasteiger partial charge in [-0.2, -0.15) is 4.98 Å². The van der Waals surface area contributed by atoms with Gasteiger partial charge in [-0.05, 0) is 48.1 Å². The van der Waals surface area contributed by atoms with Crippen molar-refractivity contribution in [2.45, 2.75) is 39.5 Å². The number of aryl methyl sites for hydroxylation is 1. The quantitative estimate of drug-likeness (QED) is 0.904. The maximum Gasteiger partial charge on any atom is 0.257 e. The molecule has 0 saturated carbocycles. The fourth-order valence-corrected chi connectivity index (χ4v) is 3.00. The molecule has 0 unspecified atom stereocenters. The molecule has 1 heterocycles. The van der Waals surface area contributed by atoms with E-state index in [-0.39, 0.29) is 5.41 Å². The number of hydrogen-bond acceptors (Lipinski definition) is 4. The van der Waals surface area contributed by atoms with Crippen LogP contribution in [0.3, 0.4) is 0 Å². The standard InChI is InChI=1S/C21H23N3O2/c1-13-8-9-16(12-17(13)21(2,3)4)19-23-20(26-24-19)15-7-5-6-14(10-11-15)18(22)25/h6-12H,5H2,1-4H3,(H2,22,25). The molecule has 0 aliphatic heterocycles. The van der Waals surface area contributed by atoms with Crippen LogP contribution in [0.4, 0.5) is 0 Å². The first-order valence-electron chi connectivity index (χ1n) is 8.59. The van der Waals surface area contributed by atoms with Gasteiger partial charge in [0.2, 0.25) is 11.7 Å². The van der Waals surface area contributed by atoms with Crippen molar-refractivity contribution in [3.8, 4) is 11.4 Å². The fourth-order valence-electron chi connectivity index (χ4n) is 3.00. The van der Waals surface area contributed by atoms with E-state index in [0.29, 0.717) is 23.7 Å². The second-order valence-corrected chi connectivity index (χ2v) is 7.46. The van der Waals surface area contributed by atoms with Crippen LogP contribution in [-0.4, -0.2) is 16.0 Å². The van der Waals surface area contributed by atoms with Crippen LogP contribution in [0.2, 0.25) is 0 Å². The molecule has 1 amide bonds. The average Bonchev–Trinajstić information content (AvgIpc) is 2.91. The molecular formula is C21H23N3O2. The summed E-state index contributed by atoms with van der Waals surface area (Å²) < 4.78 is 5.45. The first-order valence-corrected chi connectivity index (χ1v) is 8.59. The molecule has 26 heavy (non-hydrogen) atoms. The van der Waals surface area contributed by atoms with Crippen molar-refractivity contribution in [1.29, 1.82) is 0 Å². The molecular weight excluding hydrogens is 326 g/mol. The van der Waals surface area contributed by atoms with E-state index in [1.165, 1.54) is 11.1 Å². The highest BCUT2D eigenvalue weighted by atomic mass is 16.5. The first kappa shape index (κ1) is 17.9. The fraction of sp³-hybridized carbons (Fsp3) is 0.286. The van der Waals surface area contributed by atoms with Gasteiger partial charge in [-0.3, -0.25) is 4.79 Å². The lowest BCUT2D eigenvalue weighted by Gasteiger charge is -2.22. The third-order valence-corrected chi connectivity index (χ3v) is 4.38. The summed E-state index contributed by atoms with van der Waals surface area (Å²) in [6.07, 6.45) is 7.74. The topological polar surface area (TPSA) is 82.0 Å². The van der Waals surface area contributed by atoms with E-state index in [1.807, 2.05) is 12.1 Å². The molecule has 1 aromatic heterocycles. The normalized spacial score (nSPS) is 14.6. The van der Waals surface area contributed by atoms with Gasteiger partial charge in [0.25, 0.3) is 5.89 Å². The van der Waals surface area contributed by atoms with E-state index in [1.54, 1.807) is 18.2 Å². The second kappa shape index (κ2) is 6.75. The van der Waals surface area contributed by atoms with Crippen LogP contribution >= 0.6 is 0 Å². The number of amides is 1. The highest BCUT2D eigenvalue weighted by Gasteiger charge is 2.19. The monoisotopic (exact) mass is 349 g/mol. The molecule has 1 aliphatic rings. The molecule has 5 nitrogen and oxygen atoms in total. The maximum atomic E-state index is 11.3. The van der Waals surface area contributed by atoms with E-state index in [4.69, 9.17) is 10.3 Å². The van der Waals surface area contributed by atoms with Crippen molar-refractivity contribution in [3.05, 3.63) is 65.1 Å². The Morgan fingerprint density at radius 1 is 1.19 bits per heavy atom. The second-order valence-electron chi connectivity index (χ2n) is 7.46. The molecule has 0 atom stereocenters. The van der Waals surface area contributed by atoms with Gasteiger partial charge < -0.3 is 10.3 Å². The van der Waals surface area contributed by atoms with Gasteiger partial charge in [0.1, 0.15) is 0 Å². The minimum Gasteiger partial charge on any atom is -0.366 e. The number of rotatable bonds is 3. The number of aromatic nitrogens is 2. The van der Waals surface area contributed by atoms with Crippen molar-refractivity contribution in [3.63, 3.8) is 0 Å². The number of benzene rings is 1. The van der Waals surface area contributed by atoms with Crippen LogP contribution in [0.1, 0.15) is 44.2 Å². The van der Waals surface area contributed by atoms with E-state index in [9.17, 15) is 4.79 Å². The molecule has 0 radical (unpaired) electrons. The minimum absolute atomic E-state index is 0.0377. The van der Waals surface area contributed by atoms with Crippen molar-refractivity contribution in [2.24, 2.45) is 5.73 Å². The number of nitrogens with two attached hydrogens (primary N) is 1. The maximum absolute atomic E-state index is 11.3. The highest BCUT2D eigenvalue weighted by molar-refractivity contribution is 5.95. The van der Waals surface area contributed by atoms with Crippen LogP contribution in [0.5, 0.6) is 0 Å². The van der Waals surface area contributed by atoms with Gasteiger partial charge >= 0.3 is 0 Å². The van der Waals surface area contributed by atoms with Crippen molar-refractivity contribution >= 4 is 11.5 Å². The number of carbonyl (C=O) groups excluding carboxylic acids is 1. The Hall–Kier alpha value is -2.95. The zero-order valence-corrected chi connectivity index (χ0v) is 15.5. The van der Waals surface area contributed by atoms with Crippen molar-refractivity contribution < 1.29 is 9.32 Å². The van der Waals surface area contributed by atoms with Crippen LogP contribution in [0.25, 0.3) is 17.0 Å². The van der Waals surface area contributed by atoms with Crippen molar-refractivity contribution in [2.75, 3.05) is 0 Å². The molecule has 5 heteroatoms. The SMILES string of the molecule is Cc1ccc(-c2noc(C3=CCC=C(C(N)=O)C=C3)n2)cc1C(C)(C)C. The molecule has 0 spiro atoms. The van der Waals surface area contributed by atoms with Gasteiger partial charge in [-0.25, -0.2) is 0 Å². The molecule has 0 saturated heterocycles. The van der Waals surface area contributed by atoms with Crippen LogP contribution in [0, 0.1) is 6.92 Å². The summed E-state index contributed by atoms with van der Waals surface area (Å²) in [6.45, 7) is 8.66. The predicted octanol–water partition coefficient (Wildman–Crippen LogP) is 4.10. The molecule has 2 N–H and O–H groups in total. The van der Waals surface area contributed by atoms with E-state index in [0.717, 1.165) is 11.1 Å². The first-order chi connectivity index (χ1) is 12.3. The smallest absolute Gasteiger partial charge is 0.257 e. The molecule has 134 valence electrons. The van der Waals surface area contributed by atoms with Gasteiger partial charge in [-0.15, -0.1) is 0 Å². The number of hydrogen-bond donors (Lipinski definition) is 1.